The summed E-state index contributed by atoms with van der Waals surface area (Å²) in [6.07, 6.45) is 2.04. The Kier molecular flexibility index (Phi) is 4.27. The lowest BCUT2D eigenvalue weighted by Crippen LogP contribution is -2.27. The van der Waals surface area contributed by atoms with E-state index in [1.165, 1.54) is 0 Å². The van der Waals surface area contributed by atoms with E-state index in [1.54, 1.807) is 7.85 Å². The first-order valence-corrected chi connectivity index (χ1v) is 7.40. The van der Waals surface area contributed by atoms with Gasteiger partial charge in [-0.1, -0.05) is 24.6 Å². The SMILES string of the molecule is BC(F)c1c(C2(CC)CCC(C)O2)ccc(Cl)c1C. The van der Waals surface area contributed by atoms with E-state index in [1.807, 2.05) is 19.1 Å². The summed E-state index contributed by atoms with van der Waals surface area (Å²) in [4.78, 5) is 0. The highest BCUT2D eigenvalue weighted by Gasteiger charge is 2.41. The minimum absolute atomic E-state index is 0.235. The fraction of sp³-hybridized carbons (Fsp3) is 0.600. The lowest BCUT2D eigenvalue weighted by Gasteiger charge is -2.32. The van der Waals surface area contributed by atoms with Crippen LogP contribution in [0.1, 0.15) is 55.9 Å². The third kappa shape index (κ3) is 2.55. The van der Waals surface area contributed by atoms with Crippen LogP contribution in [0.25, 0.3) is 0 Å². The van der Waals surface area contributed by atoms with E-state index in [2.05, 4.69) is 13.8 Å². The van der Waals surface area contributed by atoms with Gasteiger partial charge in [-0.25, -0.2) is 0 Å². The Bertz CT molecular complexity index is 477. The van der Waals surface area contributed by atoms with Gasteiger partial charge in [0.2, 0.25) is 0 Å². The van der Waals surface area contributed by atoms with E-state index >= 15 is 0 Å². The second-order valence-corrected chi connectivity index (χ2v) is 5.97. The zero-order valence-electron chi connectivity index (χ0n) is 12.1. The molecule has 0 radical (unpaired) electrons. The van der Waals surface area contributed by atoms with Crippen LogP contribution < -0.4 is 0 Å². The molecule has 1 aromatic carbocycles. The van der Waals surface area contributed by atoms with Crippen LogP contribution in [0.3, 0.4) is 0 Å². The van der Waals surface area contributed by atoms with Crippen LogP contribution in [0.4, 0.5) is 4.39 Å². The van der Waals surface area contributed by atoms with Crippen molar-refractivity contribution in [1.29, 1.82) is 0 Å². The average molecular weight is 283 g/mol. The molecule has 1 nitrogen and oxygen atoms in total. The molecule has 0 N–H and O–H groups in total. The molecule has 0 bridgehead atoms. The zero-order valence-corrected chi connectivity index (χ0v) is 12.9. The minimum Gasteiger partial charge on any atom is -0.367 e. The third-order valence-corrected chi connectivity index (χ3v) is 4.70. The molecule has 1 aromatic rings. The van der Waals surface area contributed by atoms with Gasteiger partial charge in [0.15, 0.2) is 7.85 Å². The van der Waals surface area contributed by atoms with Crippen molar-refractivity contribution in [3.63, 3.8) is 0 Å². The summed E-state index contributed by atoms with van der Waals surface area (Å²) >= 11 is 6.15. The highest BCUT2D eigenvalue weighted by Crippen LogP contribution is 2.46. The van der Waals surface area contributed by atoms with Crippen LogP contribution in [0.5, 0.6) is 0 Å². The summed E-state index contributed by atoms with van der Waals surface area (Å²) in [5.41, 5.74) is 2.19. The van der Waals surface area contributed by atoms with Crippen LogP contribution in [0.2, 0.25) is 5.02 Å². The molecule has 1 saturated heterocycles. The molecule has 2 rings (SSSR count). The average Bonchev–Trinajstić information content (AvgIpc) is 2.75. The van der Waals surface area contributed by atoms with Gasteiger partial charge >= 0.3 is 0 Å². The summed E-state index contributed by atoms with van der Waals surface area (Å²) in [5.74, 6) is 0. The predicted octanol–water partition coefficient (Wildman–Crippen LogP) is 4.05. The van der Waals surface area contributed by atoms with Crippen molar-refractivity contribution in [2.24, 2.45) is 0 Å². The summed E-state index contributed by atoms with van der Waals surface area (Å²) < 4.78 is 20.2. The molecule has 1 aliphatic rings. The van der Waals surface area contributed by atoms with Gasteiger partial charge in [-0.2, -0.15) is 0 Å². The van der Waals surface area contributed by atoms with Gasteiger partial charge in [-0.05, 0) is 55.9 Å². The number of halogens is 2. The molecule has 19 heavy (non-hydrogen) atoms. The summed E-state index contributed by atoms with van der Waals surface area (Å²) in [7, 11) is 1.57. The summed E-state index contributed by atoms with van der Waals surface area (Å²) in [6, 6.07) is 3.81. The summed E-state index contributed by atoms with van der Waals surface area (Å²) in [6.45, 7) is 6.08. The van der Waals surface area contributed by atoms with Gasteiger partial charge < -0.3 is 4.74 Å². The Hall–Kier alpha value is -0.535. The Morgan fingerprint density at radius 2 is 2.26 bits per heavy atom. The first-order valence-electron chi connectivity index (χ1n) is 7.02. The van der Waals surface area contributed by atoms with Crippen molar-refractivity contribution in [2.75, 3.05) is 0 Å². The number of hydrogen-bond donors (Lipinski definition) is 0. The monoisotopic (exact) mass is 282 g/mol. The molecule has 1 aliphatic heterocycles. The molecule has 1 heterocycles. The van der Waals surface area contributed by atoms with Gasteiger partial charge in [0, 0.05) is 5.02 Å². The Labute approximate surface area is 120 Å². The van der Waals surface area contributed by atoms with Crippen LogP contribution >= 0.6 is 11.6 Å². The molecule has 104 valence electrons. The van der Waals surface area contributed by atoms with Crippen LogP contribution in [0.15, 0.2) is 12.1 Å². The van der Waals surface area contributed by atoms with Crippen LogP contribution in [-0.2, 0) is 10.3 Å². The molecular formula is C15H21BClFO. The molecule has 4 heteroatoms. The van der Waals surface area contributed by atoms with E-state index in [0.29, 0.717) is 10.6 Å². The lowest BCUT2D eigenvalue weighted by molar-refractivity contribution is -0.0421. The van der Waals surface area contributed by atoms with Crippen molar-refractivity contribution in [1.82, 2.24) is 0 Å². The quantitative estimate of drug-likeness (QED) is 0.760. The predicted molar refractivity (Wildman–Crippen MR) is 80.3 cm³/mol. The van der Waals surface area contributed by atoms with Crippen molar-refractivity contribution < 1.29 is 9.13 Å². The van der Waals surface area contributed by atoms with Gasteiger partial charge in [-0.15, -0.1) is 0 Å². The fourth-order valence-electron chi connectivity index (χ4n) is 3.20. The molecule has 0 saturated carbocycles. The maximum absolute atomic E-state index is 14.1. The van der Waals surface area contributed by atoms with E-state index in [0.717, 1.165) is 30.4 Å². The molecule has 0 spiro atoms. The number of alkyl halides is 1. The molecular weight excluding hydrogens is 261 g/mol. The molecule has 0 aliphatic carbocycles. The maximum Gasteiger partial charge on any atom is 0.152 e. The number of rotatable bonds is 3. The highest BCUT2D eigenvalue weighted by molar-refractivity contribution is 6.31. The molecule has 3 atom stereocenters. The largest absolute Gasteiger partial charge is 0.367 e. The van der Waals surface area contributed by atoms with Crippen LogP contribution in [-0.4, -0.2) is 14.0 Å². The van der Waals surface area contributed by atoms with E-state index in [4.69, 9.17) is 16.3 Å². The van der Waals surface area contributed by atoms with E-state index in [9.17, 15) is 4.39 Å². The Balaban J connectivity index is 2.58. The number of hydrogen-bond acceptors (Lipinski definition) is 1. The standard InChI is InChI=1S/C15H21BClFO/c1-4-15(8-7-9(2)19-15)11-5-6-12(17)10(3)13(11)14(16)18/h5-6,9,14H,4,7-8,16H2,1-3H3. The van der Waals surface area contributed by atoms with Crippen LogP contribution in [0, 0.1) is 6.92 Å². The molecule has 0 aromatic heterocycles. The lowest BCUT2D eigenvalue weighted by atomic mass is 9.78. The third-order valence-electron chi connectivity index (χ3n) is 4.29. The Morgan fingerprint density at radius 3 is 2.74 bits per heavy atom. The topological polar surface area (TPSA) is 9.23 Å². The summed E-state index contributed by atoms with van der Waals surface area (Å²) in [5, 5.41) is 0.626. The number of benzene rings is 1. The van der Waals surface area contributed by atoms with Gasteiger partial charge in [0.05, 0.1) is 17.8 Å². The van der Waals surface area contributed by atoms with E-state index in [-0.39, 0.29) is 11.7 Å². The van der Waals surface area contributed by atoms with Crippen molar-refractivity contribution in [2.45, 2.75) is 57.8 Å². The van der Waals surface area contributed by atoms with Crippen molar-refractivity contribution in [3.05, 3.63) is 33.8 Å². The fourth-order valence-corrected chi connectivity index (χ4v) is 3.36. The second-order valence-electron chi connectivity index (χ2n) is 5.56. The van der Waals surface area contributed by atoms with Gasteiger partial charge in [0.25, 0.3) is 0 Å². The van der Waals surface area contributed by atoms with Gasteiger partial charge in [-0.3, -0.25) is 4.39 Å². The van der Waals surface area contributed by atoms with Gasteiger partial charge in [0.1, 0.15) is 0 Å². The normalized spacial score (nSPS) is 28.6. The Morgan fingerprint density at radius 1 is 1.58 bits per heavy atom. The first kappa shape index (κ1) is 14.9. The minimum atomic E-state index is -1.03. The van der Waals surface area contributed by atoms with E-state index < -0.39 is 6.07 Å². The first-order chi connectivity index (χ1) is 8.91. The molecule has 3 unspecified atom stereocenters. The highest BCUT2D eigenvalue weighted by atomic mass is 35.5. The van der Waals surface area contributed by atoms with Crippen molar-refractivity contribution >= 4 is 19.4 Å². The molecule has 1 fully saturated rings. The zero-order chi connectivity index (χ0) is 14.2. The second kappa shape index (κ2) is 5.45. The maximum atomic E-state index is 14.1. The van der Waals surface area contributed by atoms with Crippen molar-refractivity contribution in [3.8, 4) is 0 Å². The smallest absolute Gasteiger partial charge is 0.152 e. The molecule has 0 amide bonds. The number of ether oxygens (including phenoxy) is 1.